The number of aryl methyl sites for hydroxylation is 1. The molecule has 1 aliphatic rings. The molecule has 0 unspecified atom stereocenters. The van der Waals surface area contributed by atoms with Gasteiger partial charge in [0.25, 0.3) is 5.91 Å². The van der Waals surface area contributed by atoms with Crippen molar-refractivity contribution in [2.45, 2.75) is 45.8 Å². The van der Waals surface area contributed by atoms with E-state index in [0.29, 0.717) is 17.1 Å². The Kier molecular flexibility index (Phi) is 5.56. The summed E-state index contributed by atoms with van der Waals surface area (Å²) in [5.74, 6) is -0.733. The van der Waals surface area contributed by atoms with Crippen LogP contribution in [-0.4, -0.2) is 39.9 Å². The lowest BCUT2D eigenvalue weighted by atomic mass is 10.1. The number of hydrogen-bond acceptors (Lipinski definition) is 5. The Morgan fingerprint density at radius 3 is 2.68 bits per heavy atom. The first kappa shape index (κ1) is 20.1. The van der Waals surface area contributed by atoms with Crippen LogP contribution in [0, 0.1) is 6.92 Å². The molecule has 1 saturated heterocycles. The number of rotatable bonds is 6. The number of nitrogens with zero attached hydrogens (tertiary/aromatic N) is 2. The Labute approximate surface area is 168 Å². The fraction of sp³-hybridized carbons (Fsp3) is 0.400. The van der Waals surface area contributed by atoms with Crippen LogP contribution in [0.25, 0.3) is 10.9 Å². The summed E-state index contributed by atoms with van der Waals surface area (Å²) in [5, 5.41) is 4.04. The minimum Gasteiger partial charge on any atom is -0.459 e. The largest absolute Gasteiger partial charge is 0.459 e. The third-order valence-electron chi connectivity index (χ3n) is 4.72. The molecule has 0 radical (unpaired) electrons. The Morgan fingerprint density at radius 1 is 1.29 bits per heavy atom. The molecule has 1 aromatic heterocycles. The van der Waals surface area contributed by atoms with E-state index in [4.69, 9.17) is 16.3 Å². The number of benzene rings is 1. The molecule has 0 atom stereocenters. The van der Waals surface area contributed by atoms with Crippen molar-refractivity contribution < 1.29 is 19.1 Å². The van der Waals surface area contributed by atoms with Crippen LogP contribution in [-0.2, 0) is 20.9 Å². The highest BCUT2D eigenvalue weighted by atomic mass is 35.5. The number of pyridine rings is 1. The third-order valence-corrected chi connectivity index (χ3v) is 5.22. The van der Waals surface area contributed by atoms with Crippen molar-refractivity contribution in [2.75, 3.05) is 6.54 Å². The highest BCUT2D eigenvalue weighted by Crippen LogP contribution is 2.27. The average Bonchev–Trinajstić information content (AvgIpc) is 2.85. The van der Waals surface area contributed by atoms with E-state index >= 15 is 0 Å². The minimum absolute atomic E-state index is 0.0283. The summed E-state index contributed by atoms with van der Waals surface area (Å²) >= 11 is 6.36. The fourth-order valence-electron chi connectivity index (χ4n) is 3.14. The first-order valence-corrected chi connectivity index (χ1v) is 9.42. The van der Waals surface area contributed by atoms with Crippen LogP contribution in [0.3, 0.4) is 0 Å². The number of para-hydroxylation sites is 1. The van der Waals surface area contributed by atoms with E-state index in [-0.39, 0.29) is 25.5 Å². The number of carbonyl (C=O) groups is 3. The zero-order valence-electron chi connectivity index (χ0n) is 16.0. The van der Waals surface area contributed by atoms with Crippen molar-refractivity contribution in [3.8, 4) is 0 Å². The van der Waals surface area contributed by atoms with Gasteiger partial charge in [0.15, 0.2) is 0 Å². The zero-order valence-corrected chi connectivity index (χ0v) is 16.8. The molecule has 1 aromatic carbocycles. The summed E-state index contributed by atoms with van der Waals surface area (Å²) in [5.41, 5.74) is 1.27. The predicted molar refractivity (Wildman–Crippen MR) is 105 cm³/mol. The van der Waals surface area contributed by atoms with E-state index in [1.807, 2.05) is 31.2 Å². The highest BCUT2D eigenvalue weighted by Gasteiger charge is 2.43. The summed E-state index contributed by atoms with van der Waals surface area (Å²) in [4.78, 5) is 41.6. The smallest absolute Gasteiger partial charge is 0.325 e. The predicted octanol–water partition coefficient (Wildman–Crippen LogP) is 3.35. The number of amides is 3. The quantitative estimate of drug-likeness (QED) is 0.590. The summed E-state index contributed by atoms with van der Waals surface area (Å²) in [7, 11) is 0. The van der Waals surface area contributed by atoms with E-state index in [0.717, 1.165) is 21.4 Å². The lowest BCUT2D eigenvalue weighted by molar-refractivity contribution is -0.145. The van der Waals surface area contributed by atoms with Crippen LogP contribution in [0.15, 0.2) is 24.3 Å². The van der Waals surface area contributed by atoms with Crippen LogP contribution in [0.4, 0.5) is 4.79 Å². The Balaban J connectivity index is 1.54. The van der Waals surface area contributed by atoms with Gasteiger partial charge in [-0.3, -0.25) is 14.5 Å². The van der Waals surface area contributed by atoms with Gasteiger partial charge >= 0.3 is 12.0 Å². The Morgan fingerprint density at radius 2 is 2.00 bits per heavy atom. The van der Waals surface area contributed by atoms with Gasteiger partial charge in [-0.25, -0.2) is 9.78 Å². The third kappa shape index (κ3) is 3.94. The van der Waals surface area contributed by atoms with Gasteiger partial charge in [-0.15, -0.1) is 0 Å². The van der Waals surface area contributed by atoms with Crippen molar-refractivity contribution >= 4 is 40.4 Å². The molecule has 1 aliphatic heterocycles. The maximum absolute atomic E-state index is 12.1. The summed E-state index contributed by atoms with van der Waals surface area (Å²) < 4.78 is 5.28. The van der Waals surface area contributed by atoms with Gasteiger partial charge in [0.1, 0.15) is 12.1 Å². The molecule has 28 heavy (non-hydrogen) atoms. The second kappa shape index (κ2) is 7.75. The van der Waals surface area contributed by atoms with Crippen LogP contribution < -0.4 is 5.32 Å². The molecular weight excluding hydrogens is 382 g/mol. The first-order chi connectivity index (χ1) is 13.2. The molecule has 0 bridgehead atoms. The van der Waals surface area contributed by atoms with Gasteiger partial charge in [-0.2, -0.15) is 0 Å². The standard InChI is InChI=1S/C20H22ClN3O4/c1-12-13-7-4-5-8-14(13)22-15(17(12)21)11-28-16(25)9-6-10-24-18(26)20(2,3)23-19(24)27/h4-5,7-8H,6,9-11H2,1-3H3,(H,23,27). The maximum atomic E-state index is 12.1. The molecule has 2 aromatic rings. The van der Waals surface area contributed by atoms with Crippen LogP contribution in [0.5, 0.6) is 0 Å². The number of aromatic nitrogens is 1. The lowest BCUT2D eigenvalue weighted by Crippen LogP contribution is -2.40. The monoisotopic (exact) mass is 403 g/mol. The van der Waals surface area contributed by atoms with Gasteiger partial charge < -0.3 is 10.1 Å². The molecular formula is C20H22ClN3O4. The molecule has 3 amide bonds. The number of imide groups is 1. The Bertz CT molecular complexity index is 958. The van der Waals surface area contributed by atoms with Crippen molar-refractivity contribution in [1.29, 1.82) is 0 Å². The molecule has 0 saturated carbocycles. The highest BCUT2D eigenvalue weighted by molar-refractivity contribution is 6.32. The van der Waals surface area contributed by atoms with Crippen molar-refractivity contribution in [2.24, 2.45) is 0 Å². The normalized spacial score (nSPS) is 15.8. The Hall–Kier alpha value is -2.67. The van der Waals surface area contributed by atoms with Gasteiger partial charge in [0.05, 0.1) is 16.2 Å². The maximum Gasteiger partial charge on any atom is 0.325 e. The number of esters is 1. The van der Waals surface area contributed by atoms with Gasteiger partial charge in [0.2, 0.25) is 0 Å². The zero-order chi connectivity index (χ0) is 20.5. The molecule has 8 heteroatoms. The average molecular weight is 404 g/mol. The molecule has 148 valence electrons. The first-order valence-electron chi connectivity index (χ1n) is 9.04. The van der Waals surface area contributed by atoms with Gasteiger partial charge in [-0.05, 0) is 38.8 Å². The second-order valence-corrected chi connectivity index (χ2v) is 7.67. The number of nitrogens with one attached hydrogen (secondary N) is 1. The number of carbonyl (C=O) groups excluding carboxylic acids is 3. The van der Waals surface area contributed by atoms with E-state index in [1.165, 1.54) is 0 Å². The van der Waals surface area contributed by atoms with Crippen LogP contribution >= 0.6 is 11.6 Å². The lowest BCUT2D eigenvalue weighted by Gasteiger charge is -2.15. The van der Waals surface area contributed by atoms with E-state index in [2.05, 4.69) is 10.3 Å². The van der Waals surface area contributed by atoms with E-state index < -0.39 is 17.5 Å². The van der Waals surface area contributed by atoms with Gasteiger partial charge in [-0.1, -0.05) is 29.8 Å². The molecule has 3 rings (SSSR count). The SMILES string of the molecule is Cc1c(Cl)c(COC(=O)CCCN2C(=O)NC(C)(C)C2=O)nc2ccccc12. The number of ether oxygens (including phenoxy) is 1. The number of hydrogen-bond donors (Lipinski definition) is 1. The minimum atomic E-state index is -0.909. The van der Waals surface area contributed by atoms with Crippen molar-refractivity contribution in [1.82, 2.24) is 15.2 Å². The van der Waals surface area contributed by atoms with E-state index in [9.17, 15) is 14.4 Å². The fourth-order valence-corrected chi connectivity index (χ4v) is 3.34. The number of fused-ring (bicyclic) bond motifs is 1. The van der Waals surface area contributed by atoms with Crippen molar-refractivity contribution in [3.63, 3.8) is 0 Å². The van der Waals surface area contributed by atoms with E-state index in [1.54, 1.807) is 13.8 Å². The summed E-state index contributed by atoms with van der Waals surface area (Å²) in [6, 6.07) is 7.18. The number of urea groups is 1. The van der Waals surface area contributed by atoms with Crippen LogP contribution in [0.2, 0.25) is 5.02 Å². The molecule has 1 fully saturated rings. The topological polar surface area (TPSA) is 88.6 Å². The second-order valence-electron chi connectivity index (χ2n) is 7.29. The van der Waals surface area contributed by atoms with Crippen LogP contribution in [0.1, 0.15) is 37.9 Å². The molecule has 2 heterocycles. The molecule has 7 nitrogen and oxygen atoms in total. The van der Waals surface area contributed by atoms with Gasteiger partial charge in [0, 0.05) is 18.4 Å². The molecule has 1 N–H and O–H groups in total. The number of halogens is 1. The molecule has 0 spiro atoms. The summed E-state index contributed by atoms with van der Waals surface area (Å²) in [6.45, 7) is 5.32. The molecule has 0 aliphatic carbocycles. The van der Waals surface area contributed by atoms with Crippen molar-refractivity contribution in [3.05, 3.63) is 40.5 Å². The summed E-state index contributed by atoms with van der Waals surface area (Å²) in [6.07, 6.45) is 0.410.